The zero-order valence-corrected chi connectivity index (χ0v) is 16.4. The minimum Gasteiger partial charge on any atom is -0.508 e. The third-order valence-corrected chi connectivity index (χ3v) is 7.15. The summed E-state index contributed by atoms with van der Waals surface area (Å²) in [5.74, 6) is 1.18. The van der Waals surface area contributed by atoms with E-state index in [1.807, 2.05) is 12.1 Å². The van der Waals surface area contributed by atoms with Crippen LogP contribution in [-0.4, -0.2) is 35.4 Å². The van der Waals surface area contributed by atoms with Gasteiger partial charge >= 0.3 is 0 Å². The van der Waals surface area contributed by atoms with Crippen LogP contribution < -0.4 is 0 Å². The van der Waals surface area contributed by atoms with Crippen molar-refractivity contribution in [2.75, 3.05) is 13.6 Å². The van der Waals surface area contributed by atoms with Crippen molar-refractivity contribution in [3.05, 3.63) is 29.3 Å². The molecule has 0 radical (unpaired) electrons. The van der Waals surface area contributed by atoms with E-state index in [-0.39, 0.29) is 10.8 Å². The van der Waals surface area contributed by atoms with Crippen molar-refractivity contribution in [3.8, 4) is 5.75 Å². The topological polar surface area (TPSA) is 40.5 Å². The third kappa shape index (κ3) is 3.01. The van der Waals surface area contributed by atoms with Gasteiger partial charge in [0.15, 0.2) is 0 Å². The van der Waals surface area contributed by atoms with Crippen LogP contribution in [0, 0.1) is 11.3 Å². The number of piperidine rings is 1. The number of hydrogen-bond donors (Lipinski definition) is 1. The van der Waals surface area contributed by atoms with Crippen molar-refractivity contribution >= 4 is 5.78 Å². The second-order valence-electron chi connectivity index (χ2n) is 9.18. The largest absolute Gasteiger partial charge is 0.508 e. The minimum absolute atomic E-state index is 0.00854. The number of carbonyl (C=O) groups excluding carboxylic acids is 1. The van der Waals surface area contributed by atoms with Crippen LogP contribution in [0.5, 0.6) is 5.75 Å². The van der Waals surface area contributed by atoms with Crippen LogP contribution in [-0.2, 0) is 16.6 Å². The standard InChI is InChI=1S/C22H33NO2/c1-15(2)12-18(25)8-9-22(4)20-13-16-6-7-17(24)14-19(16)21(22,3)10-11-23(20)5/h6-7,14-15,20,24H,8-13H2,1-5H3/t20?,21-,22-/m1/s1. The van der Waals surface area contributed by atoms with Gasteiger partial charge in [-0.05, 0) is 67.4 Å². The maximum atomic E-state index is 12.4. The van der Waals surface area contributed by atoms with E-state index >= 15 is 0 Å². The van der Waals surface area contributed by atoms with Crippen molar-refractivity contribution in [2.45, 2.75) is 71.3 Å². The summed E-state index contributed by atoms with van der Waals surface area (Å²) in [5.41, 5.74) is 2.72. The van der Waals surface area contributed by atoms with Gasteiger partial charge in [0.25, 0.3) is 0 Å². The van der Waals surface area contributed by atoms with Gasteiger partial charge in [0.2, 0.25) is 0 Å². The second-order valence-corrected chi connectivity index (χ2v) is 9.18. The first kappa shape index (κ1) is 18.4. The lowest BCUT2D eigenvalue weighted by Crippen LogP contribution is -2.64. The molecule has 1 aromatic rings. The molecule has 1 aliphatic heterocycles. The van der Waals surface area contributed by atoms with Gasteiger partial charge in [0.1, 0.15) is 11.5 Å². The number of benzene rings is 1. The van der Waals surface area contributed by atoms with Gasteiger partial charge in [-0.1, -0.05) is 33.8 Å². The van der Waals surface area contributed by atoms with Gasteiger partial charge in [-0.15, -0.1) is 0 Å². The van der Waals surface area contributed by atoms with Crippen LogP contribution in [0.3, 0.4) is 0 Å². The zero-order valence-electron chi connectivity index (χ0n) is 16.4. The van der Waals surface area contributed by atoms with Gasteiger partial charge in [-0.3, -0.25) is 4.79 Å². The fraction of sp³-hybridized carbons (Fsp3) is 0.682. The molecular weight excluding hydrogens is 310 g/mol. The predicted molar refractivity (Wildman–Crippen MR) is 102 cm³/mol. The van der Waals surface area contributed by atoms with Gasteiger partial charge in [-0.2, -0.15) is 0 Å². The molecule has 1 aromatic carbocycles. The van der Waals surface area contributed by atoms with E-state index in [1.54, 1.807) is 0 Å². The molecule has 3 rings (SSSR count). The maximum Gasteiger partial charge on any atom is 0.133 e. The van der Waals surface area contributed by atoms with E-state index < -0.39 is 0 Å². The molecule has 1 unspecified atom stereocenters. The number of nitrogens with zero attached hydrogens (tertiary/aromatic N) is 1. The predicted octanol–water partition coefficient (Wildman–Crippen LogP) is 4.31. The van der Waals surface area contributed by atoms with Gasteiger partial charge < -0.3 is 10.0 Å². The van der Waals surface area contributed by atoms with E-state index in [0.717, 1.165) is 25.8 Å². The first-order valence-electron chi connectivity index (χ1n) is 9.72. The Labute approximate surface area is 152 Å². The monoisotopic (exact) mass is 343 g/mol. The molecule has 3 heteroatoms. The average molecular weight is 344 g/mol. The number of Topliss-reactive ketones (excluding diaryl/α,β-unsaturated/α-hetero) is 1. The number of aromatic hydroxyl groups is 1. The highest BCUT2D eigenvalue weighted by molar-refractivity contribution is 5.78. The lowest BCUT2D eigenvalue weighted by atomic mass is 9.49. The normalized spacial score (nSPS) is 31.8. The highest BCUT2D eigenvalue weighted by Gasteiger charge is 2.57. The number of phenols is 1. The summed E-state index contributed by atoms with van der Waals surface area (Å²) in [5, 5.41) is 10.1. The molecule has 1 saturated heterocycles. The summed E-state index contributed by atoms with van der Waals surface area (Å²) in [6, 6.07) is 6.34. The van der Waals surface area contributed by atoms with Crippen LogP contribution in [0.25, 0.3) is 0 Å². The second kappa shape index (κ2) is 6.42. The molecule has 3 atom stereocenters. The Balaban J connectivity index is 1.96. The Hall–Kier alpha value is -1.35. The van der Waals surface area contributed by atoms with Crippen LogP contribution in [0.2, 0.25) is 0 Å². The van der Waals surface area contributed by atoms with Gasteiger partial charge in [0, 0.05) is 24.3 Å². The van der Waals surface area contributed by atoms with E-state index in [4.69, 9.17) is 0 Å². The first-order chi connectivity index (χ1) is 11.7. The van der Waals surface area contributed by atoms with Crippen LogP contribution in [0.15, 0.2) is 18.2 Å². The lowest BCUT2D eigenvalue weighted by molar-refractivity contribution is -0.121. The first-order valence-corrected chi connectivity index (χ1v) is 9.72. The van der Waals surface area contributed by atoms with Crippen molar-refractivity contribution < 1.29 is 9.90 Å². The molecule has 25 heavy (non-hydrogen) atoms. The van der Waals surface area contributed by atoms with Crippen molar-refractivity contribution in [1.82, 2.24) is 4.90 Å². The van der Waals surface area contributed by atoms with Crippen molar-refractivity contribution in [2.24, 2.45) is 11.3 Å². The summed E-state index contributed by atoms with van der Waals surface area (Å²) in [6.07, 6.45) is 4.37. The van der Waals surface area contributed by atoms with Gasteiger partial charge in [0.05, 0.1) is 0 Å². The quantitative estimate of drug-likeness (QED) is 0.866. The van der Waals surface area contributed by atoms with Crippen LogP contribution >= 0.6 is 0 Å². The summed E-state index contributed by atoms with van der Waals surface area (Å²) in [6.45, 7) is 10.0. The Morgan fingerprint density at radius 3 is 2.76 bits per heavy atom. The number of rotatable bonds is 5. The number of hydrogen-bond acceptors (Lipinski definition) is 3. The summed E-state index contributed by atoms with van der Waals surface area (Å²) < 4.78 is 0. The molecule has 0 saturated carbocycles. The molecule has 1 fully saturated rings. The molecule has 0 aromatic heterocycles. The molecule has 138 valence electrons. The summed E-state index contributed by atoms with van der Waals surface area (Å²) >= 11 is 0. The minimum atomic E-state index is 0.00854. The average Bonchev–Trinajstić information content (AvgIpc) is 2.53. The maximum absolute atomic E-state index is 12.4. The third-order valence-electron chi connectivity index (χ3n) is 7.15. The smallest absolute Gasteiger partial charge is 0.133 e. The molecular formula is C22H33NO2. The fourth-order valence-electron chi connectivity index (χ4n) is 5.38. The molecule has 0 spiro atoms. The zero-order chi connectivity index (χ0) is 18.4. The molecule has 1 aliphatic carbocycles. The molecule has 0 amide bonds. The number of fused-ring (bicyclic) bond motifs is 4. The SMILES string of the molecule is CC(C)CC(=O)CC[C@]1(C)C2Cc3ccc(O)cc3[C@@]1(C)CCN2C. The van der Waals surface area contributed by atoms with Crippen LogP contribution in [0.4, 0.5) is 0 Å². The fourth-order valence-corrected chi connectivity index (χ4v) is 5.38. The Morgan fingerprint density at radius 1 is 1.36 bits per heavy atom. The molecule has 1 N–H and O–H groups in total. The number of carbonyl (C=O) groups is 1. The number of likely N-dealkylation sites (N-methyl/N-ethyl adjacent to an activating group) is 1. The Bertz CT molecular complexity index is 668. The van der Waals surface area contributed by atoms with Crippen molar-refractivity contribution in [1.29, 1.82) is 0 Å². The number of likely N-dealkylation sites (tertiary alicyclic amines) is 1. The van der Waals surface area contributed by atoms with E-state index in [0.29, 0.717) is 36.3 Å². The van der Waals surface area contributed by atoms with Crippen LogP contribution in [0.1, 0.15) is 64.5 Å². The van der Waals surface area contributed by atoms with Gasteiger partial charge in [-0.25, -0.2) is 0 Å². The molecule has 2 aliphatic rings. The highest BCUT2D eigenvalue weighted by Crippen LogP contribution is 2.58. The molecule has 2 bridgehead atoms. The Kier molecular flexibility index (Phi) is 4.74. The number of phenolic OH excluding ortho intramolecular Hbond substituents is 1. The van der Waals surface area contributed by atoms with E-state index in [1.165, 1.54) is 11.1 Å². The number of ketones is 1. The molecule has 1 heterocycles. The van der Waals surface area contributed by atoms with E-state index in [2.05, 4.69) is 45.7 Å². The summed E-state index contributed by atoms with van der Waals surface area (Å²) in [4.78, 5) is 14.9. The summed E-state index contributed by atoms with van der Waals surface area (Å²) in [7, 11) is 2.23. The molecule has 3 nitrogen and oxygen atoms in total. The van der Waals surface area contributed by atoms with Crippen molar-refractivity contribution in [3.63, 3.8) is 0 Å². The Morgan fingerprint density at radius 2 is 2.08 bits per heavy atom. The lowest BCUT2D eigenvalue weighted by Gasteiger charge is -2.62. The highest BCUT2D eigenvalue weighted by atomic mass is 16.3. The van der Waals surface area contributed by atoms with E-state index in [9.17, 15) is 9.90 Å².